The van der Waals surface area contributed by atoms with E-state index in [9.17, 15) is 22.8 Å². The lowest BCUT2D eigenvalue weighted by Crippen LogP contribution is -2.56. The summed E-state index contributed by atoms with van der Waals surface area (Å²) in [5.41, 5.74) is -0.188. The number of hydrogen-bond acceptors (Lipinski definition) is 5. The summed E-state index contributed by atoms with van der Waals surface area (Å²) < 4.78 is 48.7. The minimum Gasteiger partial charge on any atom is -0.456 e. The first-order valence-electron chi connectivity index (χ1n) is 12.9. The number of alkyl halides is 3. The summed E-state index contributed by atoms with van der Waals surface area (Å²) in [6, 6.07) is 13.5. The first kappa shape index (κ1) is 28.4. The number of nitrogens with zero attached hydrogens (tertiary/aromatic N) is 3. The van der Waals surface area contributed by atoms with E-state index in [1.807, 2.05) is 31.7 Å². The van der Waals surface area contributed by atoms with Crippen molar-refractivity contribution < 1.29 is 27.5 Å². The number of unbranched alkanes of at least 4 members (excludes halogenated alkanes) is 1. The van der Waals surface area contributed by atoms with Gasteiger partial charge in [0.2, 0.25) is 0 Å². The molecule has 0 unspecified atom stereocenters. The molecule has 2 amide bonds. The molecule has 0 bridgehead atoms. The maximum atomic E-state index is 14.2. The van der Waals surface area contributed by atoms with Crippen LogP contribution in [0.1, 0.15) is 44.7 Å². The maximum Gasteiger partial charge on any atom is 0.417 e. The monoisotopic (exact) mass is 557 g/mol. The zero-order valence-corrected chi connectivity index (χ0v) is 22.9. The Morgan fingerprint density at radius 1 is 0.949 bits per heavy atom. The number of amides is 2. The van der Waals surface area contributed by atoms with Gasteiger partial charge in [0.25, 0.3) is 11.8 Å². The highest BCUT2D eigenvalue weighted by Gasteiger charge is 2.44. The molecule has 2 aliphatic rings. The number of carbonyl (C=O) groups excluding carboxylic acids is 2. The van der Waals surface area contributed by atoms with Crippen molar-refractivity contribution in [2.24, 2.45) is 0 Å². The normalized spacial score (nSPS) is 17.7. The van der Waals surface area contributed by atoms with Gasteiger partial charge in [0, 0.05) is 37.0 Å². The third kappa shape index (κ3) is 5.71. The summed E-state index contributed by atoms with van der Waals surface area (Å²) in [7, 11) is 0. The van der Waals surface area contributed by atoms with E-state index >= 15 is 0 Å². The van der Waals surface area contributed by atoms with Gasteiger partial charge in [-0.2, -0.15) is 13.2 Å². The average molecular weight is 558 g/mol. The fourth-order valence-electron chi connectivity index (χ4n) is 4.63. The molecule has 0 spiro atoms. The maximum absolute atomic E-state index is 14.2. The lowest BCUT2D eigenvalue weighted by Gasteiger charge is -2.37. The van der Waals surface area contributed by atoms with Crippen LogP contribution in [0.4, 0.5) is 18.9 Å². The van der Waals surface area contributed by atoms with E-state index in [1.165, 1.54) is 21.9 Å². The van der Waals surface area contributed by atoms with E-state index in [4.69, 9.17) is 17.0 Å². The SMILES string of the molecule is CCCCN1C(=O)/C(=C2/C=C(C(F)(F)F)c3ccc(N(CC)CC)cc3O2)C(=O)N(Cc2ccccc2)C1=S. The molecule has 2 aromatic carbocycles. The van der Waals surface area contributed by atoms with E-state index in [2.05, 4.69) is 0 Å². The molecule has 39 heavy (non-hydrogen) atoms. The molecule has 1 fully saturated rings. The van der Waals surface area contributed by atoms with Gasteiger partial charge in [-0.1, -0.05) is 43.7 Å². The molecule has 6 nitrogen and oxygen atoms in total. The van der Waals surface area contributed by atoms with Crippen molar-refractivity contribution in [2.75, 3.05) is 24.5 Å². The van der Waals surface area contributed by atoms with Crippen molar-refractivity contribution in [3.63, 3.8) is 0 Å². The van der Waals surface area contributed by atoms with Crippen LogP contribution in [0.25, 0.3) is 5.57 Å². The molecule has 206 valence electrons. The van der Waals surface area contributed by atoms with E-state index in [0.717, 1.165) is 18.1 Å². The molecule has 0 aromatic heterocycles. The Bertz CT molecular complexity index is 1330. The van der Waals surface area contributed by atoms with Gasteiger partial charge in [0.1, 0.15) is 17.1 Å². The third-order valence-electron chi connectivity index (χ3n) is 6.73. The van der Waals surface area contributed by atoms with Crippen molar-refractivity contribution in [3.8, 4) is 5.75 Å². The summed E-state index contributed by atoms with van der Waals surface area (Å²) in [6.45, 7) is 7.38. The van der Waals surface area contributed by atoms with Gasteiger partial charge in [-0.3, -0.25) is 19.4 Å². The Morgan fingerprint density at radius 3 is 2.23 bits per heavy atom. The molecule has 0 aliphatic carbocycles. The Labute approximate surface area is 231 Å². The standard InChI is InChI=1S/C29H30F3N3O3S/c1-4-7-15-34-26(36)25(27(37)35(28(34)39)18-19-11-9-8-10-12-19)24-17-22(29(30,31)32)21-14-13-20(16-23(21)38-24)33(5-2)6-3/h8-14,16-17H,4-7,15,18H2,1-3H3/b25-24+. The van der Waals surface area contributed by atoms with Crippen molar-refractivity contribution in [1.82, 2.24) is 9.80 Å². The first-order valence-corrected chi connectivity index (χ1v) is 13.3. The number of thiocarbonyl (C=S) groups is 1. The van der Waals surface area contributed by atoms with Crippen LogP contribution in [0.5, 0.6) is 5.75 Å². The van der Waals surface area contributed by atoms with Crippen LogP contribution >= 0.6 is 12.2 Å². The van der Waals surface area contributed by atoms with Crippen LogP contribution < -0.4 is 9.64 Å². The molecule has 2 aromatic rings. The number of anilines is 1. The fraction of sp³-hybridized carbons (Fsp3) is 0.345. The molecule has 0 N–H and O–H groups in total. The van der Waals surface area contributed by atoms with Crippen LogP contribution in [-0.4, -0.2) is 52.5 Å². The highest BCUT2D eigenvalue weighted by Crippen LogP contribution is 2.45. The quantitative estimate of drug-likeness (QED) is 0.224. The minimum atomic E-state index is -4.75. The second kappa shape index (κ2) is 11.6. The molecular weight excluding hydrogens is 527 g/mol. The number of benzene rings is 2. The third-order valence-corrected chi connectivity index (χ3v) is 7.17. The van der Waals surface area contributed by atoms with Crippen LogP contribution in [0.2, 0.25) is 0 Å². The van der Waals surface area contributed by atoms with Crippen molar-refractivity contribution in [2.45, 2.75) is 46.3 Å². The predicted octanol–water partition coefficient (Wildman–Crippen LogP) is 6.08. The fourth-order valence-corrected chi connectivity index (χ4v) is 4.95. The zero-order valence-electron chi connectivity index (χ0n) is 22.0. The number of ether oxygens (including phenoxy) is 1. The summed E-state index contributed by atoms with van der Waals surface area (Å²) in [5, 5.41) is 0.0201. The average Bonchev–Trinajstić information content (AvgIpc) is 2.91. The molecular formula is C29H30F3N3O3S. The van der Waals surface area contributed by atoms with Crippen molar-refractivity contribution in [3.05, 3.63) is 77.1 Å². The van der Waals surface area contributed by atoms with E-state index in [0.29, 0.717) is 25.2 Å². The van der Waals surface area contributed by atoms with Gasteiger partial charge >= 0.3 is 6.18 Å². The second-order valence-corrected chi connectivity index (χ2v) is 9.58. The Hall–Kier alpha value is -3.66. The molecule has 0 saturated carbocycles. The number of carbonyl (C=O) groups is 2. The lowest BCUT2D eigenvalue weighted by molar-refractivity contribution is -0.134. The number of fused-ring (bicyclic) bond motifs is 1. The minimum absolute atomic E-state index is 0.0201. The van der Waals surface area contributed by atoms with E-state index in [-0.39, 0.29) is 29.5 Å². The summed E-state index contributed by atoms with van der Waals surface area (Å²) in [5.74, 6) is -2.07. The second-order valence-electron chi connectivity index (χ2n) is 9.22. The number of allylic oxidation sites excluding steroid dienone is 2. The van der Waals surface area contributed by atoms with Crippen molar-refractivity contribution >= 4 is 40.4 Å². The smallest absolute Gasteiger partial charge is 0.417 e. The van der Waals surface area contributed by atoms with Gasteiger partial charge in [-0.25, -0.2) is 0 Å². The topological polar surface area (TPSA) is 53.1 Å². The predicted molar refractivity (Wildman–Crippen MR) is 148 cm³/mol. The van der Waals surface area contributed by atoms with Gasteiger partial charge in [-0.05, 0) is 56.3 Å². The molecule has 0 atom stereocenters. The summed E-state index contributed by atoms with van der Waals surface area (Å²) in [6.07, 6.45) is -2.65. The Balaban J connectivity index is 1.87. The molecule has 2 heterocycles. The van der Waals surface area contributed by atoms with Crippen LogP contribution in [0.15, 0.2) is 65.9 Å². The Morgan fingerprint density at radius 2 is 1.62 bits per heavy atom. The zero-order chi connectivity index (χ0) is 28.3. The molecule has 2 aliphatic heterocycles. The largest absolute Gasteiger partial charge is 0.456 e. The van der Waals surface area contributed by atoms with E-state index < -0.39 is 34.9 Å². The van der Waals surface area contributed by atoms with Gasteiger partial charge in [0.05, 0.1) is 12.1 Å². The number of rotatable bonds is 8. The first-order chi connectivity index (χ1) is 18.6. The van der Waals surface area contributed by atoms with Gasteiger partial charge in [-0.15, -0.1) is 0 Å². The van der Waals surface area contributed by atoms with Gasteiger partial charge < -0.3 is 9.64 Å². The molecule has 10 heteroatoms. The van der Waals surface area contributed by atoms with Crippen LogP contribution in [0.3, 0.4) is 0 Å². The highest BCUT2D eigenvalue weighted by molar-refractivity contribution is 7.80. The van der Waals surface area contributed by atoms with Crippen LogP contribution in [-0.2, 0) is 16.1 Å². The molecule has 1 saturated heterocycles. The molecule has 0 radical (unpaired) electrons. The number of halogens is 3. The summed E-state index contributed by atoms with van der Waals surface area (Å²) >= 11 is 5.53. The van der Waals surface area contributed by atoms with Crippen molar-refractivity contribution in [1.29, 1.82) is 0 Å². The Kier molecular flexibility index (Phi) is 8.44. The van der Waals surface area contributed by atoms with E-state index in [1.54, 1.807) is 30.3 Å². The van der Waals surface area contributed by atoms with Gasteiger partial charge in [0.15, 0.2) is 5.11 Å². The van der Waals surface area contributed by atoms with Crippen LogP contribution in [0, 0.1) is 0 Å². The molecule has 4 rings (SSSR count). The highest BCUT2D eigenvalue weighted by atomic mass is 32.1. The summed E-state index contributed by atoms with van der Waals surface area (Å²) in [4.78, 5) is 31.8. The number of hydrogen-bond donors (Lipinski definition) is 0. The lowest BCUT2D eigenvalue weighted by atomic mass is 9.97.